The molecule has 1 N–H and O–H groups in total. The van der Waals surface area contributed by atoms with Gasteiger partial charge in [-0.05, 0) is 66.7 Å². The molecular weight excluding hydrogens is 391 g/mol. The highest BCUT2D eigenvalue weighted by Gasteiger charge is 2.12. The van der Waals surface area contributed by atoms with E-state index < -0.39 is 0 Å². The second-order valence-corrected chi connectivity index (χ2v) is 6.68. The highest BCUT2D eigenvalue weighted by atomic mass is 35.5. The lowest BCUT2D eigenvalue weighted by Crippen LogP contribution is -1.96. The van der Waals surface area contributed by atoms with Crippen LogP contribution in [0.1, 0.15) is 18.9 Å². The fourth-order valence-corrected chi connectivity index (χ4v) is 2.91. The molecule has 1 heterocycles. The lowest BCUT2D eigenvalue weighted by atomic mass is 10.2. The van der Waals surface area contributed by atoms with Crippen molar-refractivity contribution in [3.8, 4) is 17.1 Å². The van der Waals surface area contributed by atoms with Crippen molar-refractivity contribution in [3.63, 3.8) is 0 Å². The Morgan fingerprint density at radius 2 is 2.00 bits per heavy atom. The Morgan fingerprint density at radius 3 is 2.69 bits per heavy atom. The average Bonchev–Trinajstić information content (AvgIpc) is 2.99. The number of nitrogens with zero attached hydrogens (tertiary/aromatic N) is 3. The Bertz CT molecular complexity index is 980. The number of nitrogens with one attached hydrogen (secondary N) is 1. The van der Waals surface area contributed by atoms with E-state index in [1.54, 1.807) is 24.4 Å². The van der Waals surface area contributed by atoms with Crippen molar-refractivity contribution < 1.29 is 4.74 Å². The van der Waals surface area contributed by atoms with E-state index in [0.29, 0.717) is 32.8 Å². The number of halogens is 2. The molecule has 0 aliphatic carbocycles. The van der Waals surface area contributed by atoms with Gasteiger partial charge in [-0.1, -0.05) is 30.1 Å². The van der Waals surface area contributed by atoms with Crippen LogP contribution in [-0.4, -0.2) is 27.7 Å². The Labute approximate surface area is 166 Å². The molecule has 2 aromatic carbocycles. The molecule has 26 heavy (non-hydrogen) atoms. The molecule has 0 amide bonds. The molecule has 0 aliphatic rings. The molecule has 5 nitrogen and oxygen atoms in total. The first kappa shape index (κ1) is 18.6. The van der Waals surface area contributed by atoms with Crippen LogP contribution in [0, 0.1) is 4.77 Å². The van der Waals surface area contributed by atoms with E-state index in [1.807, 2.05) is 24.3 Å². The third-order valence-electron chi connectivity index (χ3n) is 3.50. The highest BCUT2D eigenvalue weighted by molar-refractivity contribution is 7.71. The third kappa shape index (κ3) is 4.33. The zero-order chi connectivity index (χ0) is 18.5. The van der Waals surface area contributed by atoms with Gasteiger partial charge in [-0.25, -0.2) is 5.10 Å². The van der Waals surface area contributed by atoms with Crippen LogP contribution in [0.25, 0.3) is 11.4 Å². The monoisotopic (exact) mass is 406 g/mol. The van der Waals surface area contributed by atoms with Crippen molar-refractivity contribution in [2.24, 2.45) is 5.10 Å². The number of hydrogen-bond acceptors (Lipinski definition) is 4. The number of hydrogen-bond donors (Lipinski definition) is 1. The van der Waals surface area contributed by atoms with Crippen molar-refractivity contribution in [1.29, 1.82) is 0 Å². The topological polar surface area (TPSA) is 55.2 Å². The summed E-state index contributed by atoms with van der Waals surface area (Å²) >= 11 is 17.5. The summed E-state index contributed by atoms with van der Waals surface area (Å²) in [5.41, 5.74) is 1.59. The maximum atomic E-state index is 6.27. The van der Waals surface area contributed by atoms with E-state index in [4.69, 9.17) is 40.2 Å². The average molecular weight is 407 g/mol. The van der Waals surface area contributed by atoms with Gasteiger partial charge in [0.25, 0.3) is 0 Å². The summed E-state index contributed by atoms with van der Waals surface area (Å²) in [7, 11) is 0. The number of ether oxygens (including phenoxy) is 1. The molecule has 134 valence electrons. The van der Waals surface area contributed by atoms with Gasteiger partial charge in [0.1, 0.15) is 5.75 Å². The summed E-state index contributed by atoms with van der Waals surface area (Å²) in [5.74, 6) is 1.34. The summed E-state index contributed by atoms with van der Waals surface area (Å²) < 4.78 is 7.46. The molecule has 0 spiro atoms. The molecule has 3 rings (SSSR count). The van der Waals surface area contributed by atoms with Gasteiger partial charge < -0.3 is 4.74 Å². The lowest BCUT2D eigenvalue weighted by molar-refractivity contribution is 0.317. The Balaban J connectivity index is 1.87. The minimum absolute atomic E-state index is 0.366. The molecule has 0 saturated carbocycles. The van der Waals surface area contributed by atoms with Crippen LogP contribution in [0.5, 0.6) is 5.75 Å². The molecule has 0 atom stereocenters. The first-order chi connectivity index (χ1) is 12.6. The summed E-state index contributed by atoms with van der Waals surface area (Å²) in [5, 5.41) is 12.4. The fraction of sp³-hybridized carbons (Fsp3) is 0.167. The summed E-state index contributed by atoms with van der Waals surface area (Å²) in [6.07, 6.45) is 2.67. The Kier molecular flexibility index (Phi) is 6.08. The van der Waals surface area contributed by atoms with E-state index in [1.165, 1.54) is 4.68 Å². The minimum Gasteiger partial charge on any atom is -0.494 e. The van der Waals surface area contributed by atoms with Crippen LogP contribution in [0.15, 0.2) is 47.6 Å². The molecule has 1 aromatic heterocycles. The quantitative estimate of drug-likeness (QED) is 0.428. The molecular formula is C18H16Cl2N4OS. The number of aromatic amines is 1. The van der Waals surface area contributed by atoms with Gasteiger partial charge >= 0.3 is 0 Å². The normalized spacial score (nSPS) is 11.2. The van der Waals surface area contributed by atoms with Crippen molar-refractivity contribution >= 4 is 41.6 Å². The first-order valence-electron chi connectivity index (χ1n) is 7.98. The van der Waals surface area contributed by atoms with E-state index in [0.717, 1.165) is 17.7 Å². The SMILES string of the molecule is CCCOc1ccc(/C=N/n2c(-c3ccc(Cl)cc3Cl)n[nH]c2=S)cc1. The predicted octanol–water partition coefficient (Wildman–Crippen LogP) is 5.59. The van der Waals surface area contributed by atoms with Crippen LogP contribution in [-0.2, 0) is 0 Å². The summed E-state index contributed by atoms with van der Waals surface area (Å²) in [6.45, 7) is 2.77. The third-order valence-corrected chi connectivity index (χ3v) is 4.31. The molecule has 0 radical (unpaired) electrons. The van der Waals surface area contributed by atoms with Crippen LogP contribution in [0.4, 0.5) is 0 Å². The van der Waals surface area contributed by atoms with E-state index >= 15 is 0 Å². The van der Waals surface area contributed by atoms with Crippen molar-refractivity contribution in [1.82, 2.24) is 14.9 Å². The molecule has 0 fully saturated rings. The van der Waals surface area contributed by atoms with Gasteiger partial charge in [0.15, 0.2) is 5.82 Å². The molecule has 0 saturated heterocycles. The zero-order valence-corrected chi connectivity index (χ0v) is 16.3. The lowest BCUT2D eigenvalue weighted by Gasteiger charge is -2.05. The van der Waals surface area contributed by atoms with Crippen molar-refractivity contribution in [2.45, 2.75) is 13.3 Å². The summed E-state index contributed by atoms with van der Waals surface area (Å²) in [6, 6.07) is 12.8. The number of rotatable bonds is 6. The Morgan fingerprint density at radius 1 is 1.23 bits per heavy atom. The zero-order valence-electron chi connectivity index (χ0n) is 13.9. The van der Waals surface area contributed by atoms with E-state index in [-0.39, 0.29) is 0 Å². The van der Waals surface area contributed by atoms with Crippen LogP contribution in [0.3, 0.4) is 0 Å². The largest absolute Gasteiger partial charge is 0.494 e. The van der Waals surface area contributed by atoms with Crippen molar-refractivity contribution in [2.75, 3.05) is 6.61 Å². The van der Waals surface area contributed by atoms with Gasteiger partial charge in [-0.15, -0.1) is 0 Å². The van der Waals surface area contributed by atoms with Crippen LogP contribution in [0.2, 0.25) is 10.0 Å². The smallest absolute Gasteiger partial charge is 0.216 e. The van der Waals surface area contributed by atoms with E-state index in [2.05, 4.69) is 22.2 Å². The van der Waals surface area contributed by atoms with Gasteiger partial charge in [-0.2, -0.15) is 14.9 Å². The van der Waals surface area contributed by atoms with Gasteiger partial charge in [0, 0.05) is 10.6 Å². The summed E-state index contributed by atoms with van der Waals surface area (Å²) in [4.78, 5) is 0. The fourth-order valence-electron chi connectivity index (χ4n) is 2.24. The predicted molar refractivity (Wildman–Crippen MR) is 108 cm³/mol. The molecule has 8 heteroatoms. The van der Waals surface area contributed by atoms with Gasteiger partial charge in [0.05, 0.1) is 17.8 Å². The van der Waals surface area contributed by atoms with E-state index in [9.17, 15) is 0 Å². The van der Waals surface area contributed by atoms with Crippen LogP contribution < -0.4 is 4.74 Å². The van der Waals surface area contributed by atoms with Gasteiger partial charge in [-0.3, -0.25) is 0 Å². The van der Waals surface area contributed by atoms with Crippen molar-refractivity contribution in [3.05, 3.63) is 62.8 Å². The minimum atomic E-state index is 0.366. The maximum Gasteiger partial charge on any atom is 0.216 e. The first-order valence-corrected chi connectivity index (χ1v) is 9.15. The highest BCUT2D eigenvalue weighted by Crippen LogP contribution is 2.29. The molecule has 3 aromatic rings. The van der Waals surface area contributed by atoms with Crippen LogP contribution >= 0.6 is 35.4 Å². The number of H-pyrrole nitrogens is 1. The maximum absolute atomic E-state index is 6.27. The standard InChI is InChI=1S/C18H16Cl2N4OS/c1-2-9-25-14-6-3-12(4-7-14)11-21-24-17(22-23-18(24)26)15-8-5-13(19)10-16(15)20/h3-8,10-11H,2,9H2,1H3,(H,23,26)/b21-11+. The molecule has 0 bridgehead atoms. The van der Waals surface area contributed by atoms with Gasteiger partial charge in [0.2, 0.25) is 4.77 Å². The second kappa shape index (κ2) is 8.49. The number of aromatic nitrogens is 3. The second-order valence-electron chi connectivity index (χ2n) is 5.45. The molecule has 0 aliphatic heterocycles. The Hall–Kier alpha value is -2.15. The number of benzene rings is 2. The molecule has 0 unspecified atom stereocenters.